The molecule has 4 aliphatic rings. The highest BCUT2D eigenvalue weighted by atomic mass is 16.5. The molecule has 2 aromatic heterocycles. The normalized spacial score (nSPS) is 19.2. The number of carbonyl (C=O) groups excluding carboxylic acids is 2. The minimum atomic E-state index is -0.752. The summed E-state index contributed by atoms with van der Waals surface area (Å²) < 4.78 is 16.4. The Balaban J connectivity index is 0.922. The maximum absolute atomic E-state index is 13.3. The van der Waals surface area contributed by atoms with Gasteiger partial charge in [-0.2, -0.15) is 4.98 Å². The van der Waals surface area contributed by atoms with E-state index in [9.17, 15) is 14.7 Å². The molecule has 5 heterocycles. The van der Waals surface area contributed by atoms with Gasteiger partial charge in [-0.15, -0.1) is 0 Å². The van der Waals surface area contributed by atoms with E-state index >= 15 is 0 Å². The van der Waals surface area contributed by atoms with Crippen molar-refractivity contribution in [2.45, 2.75) is 44.6 Å². The first-order chi connectivity index (χ1) is 22.5. The van der Waals surface area contributed by atoms with Crippen LogP contribution in [0.2, 0.25) is 0 Å². The Labute approximate surface area is 267 Å². The highest BCUT2D eigenvalue weighted by molar-refractivity contribution is 5.93. The molecule has 3 aliphatic heterocycles. The van der Waals surface area contributed by atoms with Crippen molar-refractivity contribution in [3.63, 3.8) is 0 Å². The lowest BCUT2D eigenvalue weighted by Gasteiger charge is -2.35. The van der Waals surface area contributed by atoms with E-state index in [2.05, 4.69) is 37.6 Å². The second-order valence-electron chi connectivity index (χ2n) is 12.4. The molecular weight excluding hydrogens is 592 g/mol. The zero-order valence-electron chi connectivity index (χ0n) is 25.8. The van der Waals surface area contributed by atoms with Crippen LogP contribution in [0.15, 0.2) is 41.3 Å². The van der Waals surface area contributed by atoms with Crippen molar-refractivity contribution < 1.29 is 28.6 Å². The summed E-state index contributed by atoms with van der Waals surface area (Å²) >= 11 is 0. The quantitative estimate of drug-likeness (QED) is 0.261. The van der Waals surface area contributed by atoms with Gasteiger partial charge in [-0.3, -0.25) is 14.5 Å². The number of nitrogens with one attached hydrogen (secondary N) is 2. The van der Waals surface area contributed by atoms with Crippen LogP contribution in [-0.2, 0) is 29.1 Å². The van der Waals surface area contributed by atoms with Crippen LogP contribution >= 0.6 is 0 Å². The second-order valence-corrected chi connectivity index (χ2v) is 12.4. The van der Waals surface area contributed by atoms with Gasteiger partial charge in [0.15, 0.2) is 12.2 Å². The molecule has 3 N–H and O–H groups in total. The lowest BCUT2D eigenvalue weighted by Crippen LogP contribution is -2.50. The monoisotopic (exact) mass is 632 g/mol. The van der Waals surface area contributed by atoms with Crippen LogP contribution in [0.25, 0.3) is 0 Å². The lowest BCUT2D eigenvalue weighted by atomic mass is 9.99. The molecule has 2 amide bonds. The minimum Gasteiger partial charge on any atom is -0.486 e. The van der Waals surface area contributed by atoms with E-state index in [0.29, 0.717) is 76.6 Å². The van der Waals surface area contributed by atoms with Crippen LogP contribution in [-0.4, -0.2) is 113 Å². The number of fused-ring (bicyclic) bond motifs is 1. The number of ether oxygens (including phenoxy) is 2. The van der Waals surface area contributed by atoms with E-state index in [1.54, 1.807) is 12.3 Å². The third-order valence-corrected chi connectivity index (χ3v) is 8.84. The third kappa shape index (κ3) is 7.40. The van der Waals surface area contributed by atoms with Crippen molar-refractivity contribution in [1.82, 2.24) is 30.1 Å². The van der Waals surface area contributed by atoms with Gasteiger partial charge in [0.2, 0.25) is 11.9 Å². The SMILES string of the molecule is O=C(NCC(O)CN1CCc2cc(OCc3cnco3)ccc2C1)c1cc(NC2COC2)nc(N2CCN(C(=O)C3CC3)CC2)n1. The molecule has 14 heteroatoms. The maximum atomic E-state index is 13.3. The number of amides is 2. The average molecular weight is 633 g/mol. The zero-order chi connectivity index (χ0) is 31.5. The van der Waals surface area contributed by atoms with Gasteiger partial charge in [0.1, 0.15) is 23.9 Å². The number of benzene rings is 1. The molecule has 0 bridgehead atoms. The summed E-state index contributed by atoms with van der Waals surface area (Å²) in [4.78, 5) is 45.1. The fourth-order valence-corrected chi connectivity index (χ4v) is 5.97. The molecule has 7 rings (SSSR count). The van der Waals surface area contributed by atoms with Crippen molar-refractivity contribution in [1.29, 1.82) is 0 Å². The first-order valence-electron chi connectivity index (χ1n) is 16.0. The summed E-state index contributed by atoms with van der Waals surface area (Å²) in [6, 6.07) is 7.83. The number of rotatable bonds is 12. The number of β-amino-alcohol motifs (C(OH)–C–C–N with tert-alkyl or cyclic N) is 1. The van der Waals surface area contributed by atoms with E-state index in [-0.39, 0.29) is 36.0 Å². The van der Waals surface area contributed by atoms with Crippen LogP contribution in [0.3, 0.4) is 0 Å². The summed E-state index contributed by atoms with van der Waals surface area (Å²) in [5.74, 6) is 2.52. The Morgan fingerprint density at radius 2 is 1.91 bits per heavy atom. The van der Waals surface area contributed by atoms with Gasteiger partial charge in [-0.05, 0) is 42.5 Å². The summed E-state index contributed by atoms with van der Waals surface area (Å²) in [7, 11) is 0. The van der Waals surface area contributed by atoms with Crippen LogP contribution in [0.4, 0.5) is 11.8 Å². The minimum absolute atomic E-state index is 0.0944. The van der Waals surface area contributed by atoms with Gasteiger partial charge in [-0.25, -0.2) is 9.97 Å². The topological polar surface area (TPSA) is 158 Å². The Hall–Kier alpha value is -4.27. The molecule has 3 fully saturated rings. The first kappa shape index (κ1) is 30.4. The standard InChI is InChI=1S/C32H40N8O6/c41-25(16-38-6-5-22-11-26(4-3-23(22)15-38)45-19-27-14-33-20-46-27)13-34-30(42)28-12-29(35-24-17-44-18-24)37-32(36-28)40-9-7-39(8-10-40)31(43)21-1-2-21/h3-4,11-12,14,20-21,24-25,41H,1-2,5-10,13,15-19H2,(H,34,42)(H,35,36,37). The van der Waals surface area contributed by atoms with E-state index in [0.717, 1.165) is 31.6 Å². The molecule has 1 saturated carbocycles. The molecule has 244 valence electrons. The lowest BCUT2D eigenvalue weighted by molar-refractivity contribution is -0.132. The van der Waals surface area contributed by atoms with E-state index in [1.807, 2.05) is 15.9 Å². The predicted octanol–water partition coefficient (Wildman–Crippen LogP) is 1.06. The van der Waals surface area contributed by atoms with Gasteiger partial charge in [0.05, 0.1) is 31.6 Å². The highest BCUT2D eigenvalue weighted by Crippen LogP contribution is 2.31. The molecule has 2 saturated heterocycles. The van der Waals surface area contributed by atoms with Gasteiger partial charge < -0.3 is 39.4 Å². The average Bonchev–Trinajstić information content (AvgIpc) is 3.78. The number of nitrogens with zero attached hydrogens (tertiary/aromatic N) is 6. The number of piperazine rings is 1. The maximum Gasteiger partial charge on any atom is 0.270 e. The van der Waals surface area contributed by atoms with E-state index < -0.39 is 6.10 Å². The first-order valence-corrected chi connectivity index (χ1v) is 16.0. The highest BCUT2D eigenvalue weighted by Gasteiger charge is 2.35. The molecule has 1 aliphatic carbocycles. The number of hydrogen-bond donors (Lipinski definition) is 3. The fraction of sp³-hybridized carbons (Fsp3) is 0.531. The van der Waals surface area contributed by atoms with Crippen molar-refractivity contribution >= 4 is 23.6 Å². The molecule has 1 atom stereocenters. The van der Waals surface area contributed by atoms with Crippen molar-refractivity contribution in [2.24, 2.45) is 5.92 Å². The van der Waals surface area contributed by atoms with Gasteiger partial charge in [-0.1, -0.05) is 6.07 Å². The predicted molar refractivity (Wildman–Crippen MR) is 166 cm³/mol. The van der Waals surface area contributed by atoms with Crippen LogP contribution < -0.4 is 20.3 Å². The molecule has 0 radical (unpaired) electrons. The molecule has 0 spiro atoms. The Bertz CT molecular complexity index is 1520. The number of aromatic nitrogens is 3. The van der Waals surface area contributed by atoms with Gasteiger partial charge >= 0.3 is 0 Å². The van der Waals surface area contributed by atoms with Crippen molar-refractivity contribution in [3.8, 4) is 5.75 Å². The Kier molecular flexibility index (Phi) is 8.99. The smallest absolute Gasteiger partial charge is 0.270 e. The molecule has 1 aromatic carbocycles. The van der Waals surface area contributed by atoms with Crippen molar-refractivity contribution in [3.05, 3.63) is 59.4 Å². The third-order valence-electron chi connectivity index (χ3n) is 8.84. The molecule has 14 nitrogen and oxygen atoms in total. The molecule has 1 unspecified atom stereocenters. The number of carbonyl (C=O) groups is 2. The van der Waals surface area contributed by atoms with Crippen LogP contribution in [0.5, 0.6) is 5.75 Å². The number of oxazole rings is 1. The van der Waals surface area contributed by atoms with Crippen LogP contribution in [0, 0.1) is 5.92 Å². The summed E-state index contributed by atoms with van der Waals surface area (Å²) in [5.41, 5.74) is 2.64. The summed E-state index contributed by atoms with van der Waals surface area (Å²) in [6.07, 6.45) is 5.09. The van der Waals surface area contributed by atoms with Crippen LogP contribution in [0.1, 0.15) is 40.2 Å². The van der Waals surface area contributed by atoms with E-state index in [1.165, 1.54) is 17.5 Å². The Morgan fingerprint density at radius 3 is 2.65 bits per heavy atom. The molecular formula is C32H40N8O6. The second kappa shape index (κ2) is 13.6. The van der Waals surface area contributed by atoms with Crippen molar-refractivity contribution in [2.75, 3.05) is 69.2 Å². The number of aliphatic hydroxyl groups is 1. The van der Waals surface area contributed by atoms with E-state index in [4.69, 9.17) is 18.9 Å². The number of anilines is 2. The Morgan fingerprint density at radius 1 is 1.07 bits per heavy atom. The number of aliphatic hydroxyl groups excluding tert-OH is 1. The molecule has 3 aromatic rings. The summed E-state index contributed by atoms with van der Waals surface area (Å²) in [5, 5.41) is 17.0. The van der Waals surface area contributed by atoms with Gasteiger partial charge in [0, 0.05) is 64.3 Å². The largest absolute Gasteiger partial charge is 0.486 e. The van der Waals surface area contributed by atoms with Gasteiger partial charge in [0.25, 0.3) is 5.91 Å². The summed E-state index contributed by atoms with van der Waals surface area (Å²) in [6.45, 7) is 5.92. The zero-order valence-corrected chi connectivity index (χ0v) is 25.8. The molecule has 46 heavy (non-hydrogen) atoms. The fourth-order valence-electron chi connectivity index (χ4n) is 5.97. The number of hydrogen-bond acceptors (Lipinski definition) is 12.